The summed E-state index contributed by atoms with van der Waals surface area (Å²) in [6.45, 7) is 1.86. The van der Waals surface area contributed by atoms with E-state index in [-0.39, 0.29) is 18.0 Å². The van der Waals surface area contributed by atoms with Gasteiger partial charge in [0.2, 0.25) is 0 Å². The Morgan fingerprint density at radius 3 is 2.71 bits per heavy atom. The third-order valence-electron chi connectivity index (χ3n) is 2.94. The summed E-state index contributed by atoms with van der Waals surface area (Å²) in [5.41, 5.74) is 5.39. The standard InChI is InChI=1S/C13H14F3N3S2/c1-2-9(17)5-8-3-4-10(6-11(8)13(14,15)16)20-12-18-7-19-21-12/h3-4,6-7,9H,2,5,17H2,1H3. The van der Waals surface area contributed by atoms with E-state index >= 15 is 0 Å². The van der Waals surface area contributed by atoms with Gasteiger partial charge in [-0.15, -0.1) is 0 Å². The predicted molar refractivity (Wildman–Crippen MR) is 77.4 cm³/mol. The van der Waals surface area contributed by atoms with E-state index in [2.05, 4.69) is 9.36 Å². The molecule has 1 aromatic heterocycles. The van der Waals surface area contributed by atoms with Crippen molar-refractivity contribution in [2.24, 2.45) is 5.73 Å². The van der Waals surface area contributed by atoms with Crippen molar-refractivity contribution in [3.05, 3.63) is 35.7 Å². The smallest absolute Gasteiger partial charge is 0.327 e. The van der Waals surface area contributed by atoms with Gasteiger partial charge in [0.25, 0.3) is 0 Å². The van der Waals surface area contributed by atoms with Crippen LogP contribution in [0.1, 0.15) is 24.5 Å². The fraction of sp³-hybridized carbons (Fsp3) is 0.385. The first kappa shape index (κ1) is 16.3. The Kier molecular flexibility index (Phi) is 5.23. The molecule has 2 aromatic rings. The highest BCUT2D eigenvalue weighted by molar-refractivity contribution is 8.01. The highest BCUT2D eigenvalue weighted by Crippen LogP contribution is 2.37. The summed E-state index contributed by atoms with van der Waals surface area (Å²) in [5.74, 6) is 0. The Balaban J connectivity index is 2.30. The number of rotatable bonds is 5. The second kappa shape index (κ2) is 6.76. The molecule has 0 aliphatic rings. The molecular formula is C13H14F3N3S2. The molecule has 2 rings (SSSR count). The topological polar surface area (TPSA) is 51.8 Å². The van der Waals surface area contributed by atoms with Gasteiger partial charge in [-0.2, -0.15) is 17.5 Å². The normalized spacial score (nSPS) is 13.4. The van der Waals surface area contributed by atoms with Crippen LogP contribution in [0.15, 0.2) is 33.8 Å². The molecule has 0 saturated carbocycles. The van der Waals surface area contributed by atoms with Crippen molar-refractivity contribution >= 4 is 23.3 Å². The maximum Gasteiger partial charge on any atom is 0.416 e. The molecule has 0 radical (unpaired) electrons. The molecule has 1 unspecified atom stereocenters. The summed E-state index contributed by atoms with van der Waals surface area (Å²) in [4.78, 5) is 4.45. The SMILES string of the molecule is CCC(N)Cc1ccc(Sc2ncns2)cc1C(F)(F)F. The van der Waals surface area contributed by atoms with Gasteiger partial charge in [-0.3, -0.25) is 0 Å². The Morgan fingerprint density at radius 1 is 1.38 bits per heavy atom. The van der Waals surface area contributed by atoms with Crippen LogP contribution in [0.4, 0.5) is 13.2 Å². The van der Waals surface area contributed by atoms with E-state index in [1.54, 1.807) is 6.07 Å². The molecule has 21 heavy (non-hydrogen) atoms. The largest absolute Gasteiger partial charge is 0.416 e. The molecule has 1 atom stereocenters. The lowest BCUT2D eigenvalue weighted by Gasteiger charge is -2.16. The second-order valence-electron chi connectivity index (χ2n) is 4.50. The number of nitrogens with zero attached hydrogens (tertiary/aromatic N) is 2. The van der Waals surface area contributed by atoms with Crippen molar-refractivity contribution in [3.63, 3.8) is 0 Å². The van der Waals surface area contributed by atoms with Gasteiger partial charge in [0, 0.05) is 10.9 Å². The average molecular weight is 333 g/mol. The number of nitrogens with two attached hydrogens (primary N) is 1. The van der Waals surface area contributed by atoms with Crippen LogP contribution in [0.3, 0.4) is 0 Å². The minimum Gasteiger partial charge on any atom is -0.327 e. The fourth-order valence-electron chi connectivity index (χ4n) is 1.80. The molecule has 1 aromatic carbocycles. The van der Waals surface area contributed by atoms with Gasteiger partial charge in [0.05, 0.1) is 5.56 Å². The van der Waals surface area contributed by atoms with Crippen molar-refractivity contribution in [1.82, 2.24) is 9.36 Å². The quantitative estimate of drug-likeness (QED) is 0.899. The first-order chi connectivity index (χ1) is 9.90. The molecule has 8 heteroatoms. The summed E-state index contributed by atoms with van der Waals surface area (Å²) in [7, 11) is 0. The zero-order valence-corrected chi connectivity index (χ0v) is 12.9. The predicted octanol–water partition coefficient (Wildman–Crippen LogP) is 3.99. The van der Waals surface area contributed by atoms with E-state index in [1.807, 2.05) is 6.92 Å². The van der Waals surface area contributed by atoms with Gasteiger partial charge in [0.1, 0.15) is 6.33 Å². The lowest BCUT2D eigenvalue weighted by molar-refractivity contribution is -0.138. The van der Waals surface area contributed by atoms with Crippen molar-refractivity contribution in [2.75, 3.05) is 0 Å². The van der Waals surface area contributed by atoms with Gasteiger partial charge in [-0.05, 0) is 42.1 Å². The van der Waals surface area contributed by atoms with Crippen LogP contribution >= 0.6 is 23.3 Å². The Labute approximate surface area is 128 Å². The number of hydrogen-bond acceptors (Lipinski definition) is 5. The first-order valence-electron chi connectivity index (χ1n) is 6.30. The van der Waals surface area contributed by atoms with Crippen molar-refractivity contribution in [1.29, 1.82) is 0 Å². The molecule has 0 spiro atoms. The monoisotopic (exact) mass is 333 g/mol. The highest BCUT2D eigenvalue weighted by atomic mass is 32.2. The Hall–Kier alpha value is -1.12. The van der Waals surface area contributed by atoms with E-state index in [9.17, 15) is 13.2 Å². The molecule has 3 nitrogen and oxygen atoms in total. The summed E-state index contributed by atoms with van der Waals surface area (Å²) >= 11 is 2.32. The van der Waals surface area contributed by atoms with Crippen LogP contribution < -0.4 is 5.73 Å². The molecule has 1 heterocycles. The van der Waals surface area contributed by atoms with Crippen LogP contribution in [0, 0.1) is 0 Å². The summed E-state index contributed by atoms with van der Waals surface area (Å²) in [5, 5.41) is 0. The van der Waals surface area contributed by atoms with E-state index < -0.39 is 11.7 Å². The van der Waals surface area contributed by atoms with Crippen LogP contribution in [0.2, 0.25) is 0 Å². The molecule has 2 N–H and O–H groups in total. The third-order valence-corrected chi connectivity index (χ3v) is 4.64. The molecule has 0 aliphatic heterocycles. The van der Waals surface area contributed by atoms with Crippen LogP contribution in [0.5, 0.6) is 0 Å². The maximum absolute atomic E-state index is 13.2. The minimum absolute atomic E-state index is 0.217. The summed E-state index contributed by atoms with van der Waals surface area (Å²) in [6, 6.07) is 4.05. The van der Waals surface area contributed by atoms with Crippen LogP contribution in [-0.4, -0.2) is 15.4 Å². The minimum atomic E-state index is -4.39. The van der Waals surface area contributed by atoms with Gasteiger partial charge in [-0.1, -0.05) is 24.8 Å². The van der Waals surface area contributed by atoms with Gasteiger partial charge < -0.3 is 5.73 Å². The maximum atomic E-state index is 13.2. The van der Waals surface area contributed by atoms with Gasteiger partial charge in [0.15, 0.2) is 4.34 Å². The zero-order chi connectivity index (χ0) is 15.5. The fourth-order valence-corrected chi connectivity index (χ4v) is 3.26. The van der Waals surface area contributed by atoms with E-state index in [1.165, 1.54) is 24.2 Å². The molecule has 114 valence electrons. The second-order valence-corrected chi connectivity index (χ2v) is 6.60. The molecule has 0 amide bonds. The molecule has 0 aliphatic carbocycles. The van der Waals surface area contributed by atoms with Crippen molar-refractivity contribution < 1.29 is 13.2 Å². The van der Waals surface area contributed by atoms with Gasteiger partial charge >= 0.3 is 6.18 Å². The molecule has 0 fully saturated rings. The number of alkyl halides is 3. The Bertz CT molecular complexity index is 585. The molecule has 0 saturated heterocycles. The summed E-state index contributed by atoms with van der Waals surface area (Å²) < 4.78 is 44.0. The molecular weight excluding hydrogens is 319 g/mol. The zero-order valence-electron chi connectivity index (χ0n) is 11.2. The number of halogens is 3. The van der Waals surface area contributed by atoms with Crippen LogP contribution in [-0.2, 0) is 12.6 Å². The highest BCUT2D eigenvalue weighted by Gasteiger charge is 2.33. The Morgan fingerprint density at radius 2 is 2.14 bits per heavy atom. The van der Waals surface area contributed by atoms with Crippen molar-refractivity contribution in [2.45, 2.75) is 41.2 Å². The first-order valence-corrected chi connectivity index (χ1v) is 7.89. The molecule has 0 bridgehead atoms. The van der Waals surface area contributed by atoms with E-state index in [0.29, 0.717) is 15.7 Å². The average Bonchev–Trinajstić information content (AvgIpc) is 2.92. The van der Waals surface area contributed by atoms with Crippen LogP contribution in [0.25, 0.3) is 0 Å². The lowest BCUT2D eigenvalue weighted by Crippen LogP contribution is -2.23. The summed E-state index contributed by atoms with van der Waals surface area (Å²) in [6.07, 6.45) is -2.15. The van der Waals surface area contributed by atoms with Gasteiger partial charge in [-0.25, -0.2) is 4.98 Å². The lowest BCUT2D eigenvalue weighted by atomic mass is 9.99. The third kappa shape index (κ3) is 4.42. The number of hydrogen-bond donors (Lipinski definition) is 1. The number of benzene rings is 1. The van der Waals surface area contributed by atoms with E-state index in [0.717, 1.165) is 17.6 Å². The van der Waals surface area contributed by atoms with E-state index in [4.69, 9.17) is 5.73 Å². The number of aromatic nitrogens is 2. The van der Waals surface area contributed by atoms with Crippen molar-refractivity contribution in [3.8, 4) is 0 Å².